The Balaban J connectivity index is 2.27. The molecule has 0 aliphatic carbocycles. The number of nitrogens with one attached hydrogen (secondary N) is 1. The van der Waals surface area contributed by atoms with Gasteiger partial charge >= 0.3 is 0 Å². The quantitative estimate of drug-likeness (QED) is 0.716. The molecule has 0 heterocycles. The molecule has 1 rings (SSSR count). The summed E-state index contributed by atoms with van der Waals surface area (Å²) < 4.78 is 0. The number of para-hydroxylation sites is 1. The van der Waals surface area contributed by atoms with Gasteiger partial charge in [-0.1, -0.05) is 31.5 Å². The molecule has 112 valence electrons. The van der Waals surface area contributed by atoms with Crippen molar-refractivity contribution >= 4 is 11.6 Å². The highest BCUT2D eigenvalue weighted by molar-refractivity contribution is 5.85. The smallest absolute Gasteiger partial charge is 0.239 e. The Labute approximate surface area is 122 Å². The summed E-state index contributed by atoms with van der Waals surface area (Å²) in [5, 5.41) is 2.92. The van der Waals surface area contributed by atoms with Gasteiger partial charge in [0.15, 0.2) is 0 Å². The molecular formula is C16H27N3O. The van der Waals surface area contributed by atoms with Crippen LogP contribution in [0.4, 0.5) is 5.69 Å². The molecule has 0 aromatic heterocycles. The number of hydrogen-bond donors (Lipinski definition) is 2. The van der Waals surface area contributed by atoms with Gasteiger partial charge in [-0.05, 0) is 31.9 Å². The Morgan fingerprint density at radius 2 is 2.00 bits per heavy atom. The first kappa shape index (κ1) is 16.5. The molecule has 20 heavy (non-hydrogen) atoms. The molecule has 0 radical (unpaired) electrons. The number of hydrogen-bond acceptors (Lipinski definition) is 3. The van der Waals surface area contributed by atoms with Crippen molar-refractivity contribution in [3.8, 4) is 0 Å². The monoisotopic (exact) mass is 277 g/mol. The van der Waals surface area contributed by atoms with Crippen molar-refractivity contribution in [3.63, 3.8) is 0 Å². The fourth-order valence-corrected chi connectivity index (χ4v) is 2.16. The number of rotatable bonds is 8. The van der Waals surface area contributed by atoms with E-state index in [9.17, 15) is 4.79 Å². The Kier molecular flexibility index (Phi) is 6.52. The number of benzene rings is 1. The number of nitrogens with two attached hydrogens (primary N) is 1. The molecule has 1 aromatic carbocycles. The van der Waals surface area contributed by atoms with Crippen molar-refractivity contribution in [2.45, 2.75) is 38.6 Å². The number of amides is 1. The molecule has 0 saturated carbocycles. The van der Waals surface area contributed by atoms with Gasteiger partial charge in [0.2, 0.25) is 5.91 Å². The molecule has 0 saturated heterocycles. The van der Waals surface area contributed by atoms with Crippen LogP contribution in [0, 0.1) is 0 Å². The largest absolute Gasteiger partial charge is 0.375 e. The van der Waals surface area contributed by atoms with Gasteiger partial charge in [-0.2, -0.15) is 0 Å². The van der Waals surface area contributed by atoms with Crippen LogP contribution in [0.1, 0.15) is 33.1 Å². The molecule has 1 aromatic rings. The summed E-state index contributed by atoms with van der Waals surface area (Å²) in [6.45, 7) is 5.39. The Bertz CT molecular complexity index is 403. The molecular weight excluding hydrogens is 250 g/mol. The van der Waals surface area contributed by atoms with Gasteiger partial charge in [-0.25, -0.2) is 0 Å². The summed E-state index contributed by atoms with van der Waals surface area (Å²) in [5.74, 6) is -0.0540. The summed E-state index contributed by atoms with van der Waals surface area (Å²) in [6, 6.07) is 10.2. The molecule has 0 aliphatic rings. The van der Waals surface area contributed by atoms with Crippen molar-refractivity contribution in [1.82, 2.24) is 5.32 Å². The van der Waals surface area contributed by atoms with Crippen LogP contribution in [-0.2, 0) is 4.79 Å². The highest BCUT2D eigenvalue weighted by Gasteiger charge is 2.26. The zero-order valence-corrected chi connectivity index (χ0v) is 12.9. The normalized spacial score (nSPS) is 13.6. The zero-order valence-electron chi connectivity index (χ0n) is 12.9. The third-order valence-corrected chi connectivity index (χ3v) is 3.44. The van der Waals surface area contributed by atoms with E-state index < -0.39 is 5.54 Å². The van der Waals surface area contributed by atoms with E-state index >= 15 is 0 Å². The molecule has 0 fully saturated rings. The molecule has 1 amide bonds. The summed E-state index contributed by atoms with van der Waals surface area (Å²) in [5.41, 5.74) is 6.42. The molecule has 1 atom stereocenters. The zero-order chi connectivity index (χ0) is 15.0. The predicted molar refractivity (Wildman–Crippen MR) is 84.8 cm³/mol. The van der Waals surface area contributed by atoms with E-state index in [4.69, 9.17) is 5.73 Å². The molecule has 4 nitrogen and oxygen atoms in total. The summed E-state index contributed by atoms with van der Waals surface area (Å²) in [4.78, 5) is 14.1. The van der Waals surface area contributed by atoms with Crippen molar-refractivity contribution < 1.29 is 4.79 Å². The van der Waals surface area contributed by atoms with Crippen LogP contribution < -0.4 is 16.0 Å². The van der Waals surface area contributed by atoms with Crippen LogP contribution in [0.25, 0.3) is 0 Å². The van der Waals surface area contributed by atoms with E-state index in [1.165, 1.54) is 5.69 Å². The lowest BCUT2D eigenvalue weighted by molar-refractivity contribution is -0.126. The lowest BCUT2D eigenvalue weighted by Crippen LogP contribution is -2.51. The van der Waals surface area contributed by atoms with E-state index in [0.717, 1.165) is 19.4 Å². The van der Waals surface area contributed by atoms with Crippen LogP contribution >= 0.6 is 0 Å². The van der Waals surface area contributed by atoms with Crippen LogP contribution in [-0.4, -0.2) is 31.6 Å². The molecule has 0 aliphatic heterocycles. The Morgan fingerprint density at radius 3 is 2.60 bits per heavy atom. The minimum Gasteiger partial charge on any atom is -0.375 e. The maximum Gasteiger partial charge on any atom is 0.239 e. The fourth-order valence-electron chi connectivity index (χ4n) is 2.16. The first-order valence-corrected chi connectivity index (χ1v) is 7.30. The van der Waals surface area contributed by atoms with Gasteiger partial charge in [0.25, 0.3) is 0 Å². The lowest BCUT2D eigenvalue weighted by atomic mass is 9.96. The van der Waals surface area contributed by atoms with E-state index in [1.807, 2.05) is 25.1 Å². The first-order valence-electron chi connectivity index (χ1n) is 7.30. The van der Waals surface area contributed by atoms with Crippen LogP contribution in [0.2, 0.25) is 0 Å². The van der Waals surface area contributed by atoms with Gasteiger partial charge in [-0.15, -0.1) is 0 Å². The molecule has 0 spiro atoms. The molecule has 3 N–H and O–H groups in total. The minimum absolute atomic E-state index is 0.0540. The standard InChI is InChI=1S/C16H27N3O/c1-4-11-16(2,17)15(20)18-12-8-13-19(3)14-9-6-5-7-10-14/h5-7,9-10H,4,8,11-13,17H2,1-3H3,(H,18,20). The second-order valence-electron chi connectivity index (χ2n) is 5.53. The van der Waals surface area contributed by atoms with E-state index in [-0.39, 0.29) is 5.91 Å². The predicted octanol–water partition coefficient (Wildman–Crippen LogP) is 2.15. The van der Waals surface area contributed by atoms with Crippen molar-refractivity contribution in [2.75, 3.05) is 25.0 Å². The summed E-state index contributed by atoms with van der Waals surface area (Å²) in [7, 11) is 2.06. The number of nitrogens with zero attached hydrogens (tertiary/aromatic N) is 1. The second kappa shape index (κ2) is 7.90. The highest BCUT2D eigenvalue weighted by atomic mass is 16.2. The maximum absolute atomic E-state index is 11.9. The first-order chi connectivity index (χ1) is 9.47. The van der Waals surface area contributed by atoms with Gasteiger partial charge in [0, 0.05) is 25.8 Å². The summed E-state index contributed by atoms with van der Waals surface area (Å²) in [6.07, 6.45) is 2.53. The fraction of sp³-hybridized carbons (Fsp3) is 0.562. The lowest BCUT2D eigenvalue weighted by Gasteiger charge is -2.23. The maximum atomic E-state index is 11.9. The third-order valence-electron chi connectivity index (χ3n) is 3.44. The van der Waals surface area contributed by atoms with Gasteiger partial charge in [-0.3, -0.25) is 4.79 Å². The molecule has 4 heteroatoms. The van der Waals surface area contributed by atoms with E-state index in [0.29, 0.717) is 13.0 Å². The van der Waals surface area contributed by atoms with Crippen molar-refractivity contribution in [2.24, 2.45) is 5.73 Å². The molecule has 0 bridgehead atoms. The minimum atomic E-state index is -0.750. The topological polar surface area (TPSA) is 58.4 Å². The van der Waals surface area contributed by atoms with E-state index in [2.05, 4.69) is 29.4 Å². The van der Waals surface area contributed by atoms with Gasteiger partial charge in [0.05, 0.1) is 5.54 Å². The van der Waals surface area contributed by atoms with Crippen LogP contribution in [0.5, 0.6) is 0 Å². The average molecular weight is 277 g/mol. The van der Waals surface area contributed by atoms with Crippen molar-refractivity contribution in [1.29, 1.82) is 0 Å². The molecule has 1 unspecified atom stereocenters. The number of carbonyl (C=O) groups excluding carboxylic acids is 1. The van der Waals surface area contributed by atoms with Gasteiger partial charge in [0.1, 0.15) is 0 Å². The second-order valence-corrected chi connectivity index (χ2v) is 5.53. The third kappa shape index (κ3) is 5.21. The summed E-state index contributed by atoms with van der Waals surface area (Å²) >= 11 is 0. The number of carbonyl (C=O) groups is 1. The average Bonchev–Trinajstić information content (AvgIpc) is 2.44. The van der Waals surface area contributed by atoms with Crippen molar-refractivity contribution in [3.05, 3.63) is 30.3 Å². The SMILES string of the molecule is CCCC(C)(N)C(=O)NCCCN(C)c1ccccc1. The number of anilines is 1. The van der Waals surface area contributed by atoms with Gasteiger partial charge < -0.3 is 16.0 Å². The van der Waals surface area contributed by atoms with Crippen LogP contribution in [0.3, 0.4) is 0 Å². The van der Waals surface area contributed by atoms with E-state index in [1.54, 1.807) is 6.92 Å². The highest BCUT2D eigenvalue weighted by Crippen LogP contribution is 2.11. The Morgan fingerprint density at radius 1 is 1.35 bits per heavy atom. The van der Waals surface area contributed by atoms with Crippen LogP contribution in [0.15, 0.2) is 30.3 Å². The Hall–Kier alpha value is -1.55.